The summed E-state index contributed by atoms with van der Waals surface area (Å²) in [7, 11) is 0. The number of nitrogens with one attached hydrogen (secondary N) is 1. The lowest BCUT2D eigenvalue weighted by Gasteiger charge is -2.30. The molecule has 0 spiro atoms. The lowest BCUT2D eigenvalue weighted by Crippen LogP contribution is -2.40. The summed E-state index contributed by atoms with van der Waals surface area (Å²) >= 11 is 0. The molecular weight excluding hydrogens is 287 g/mol. The Morgan fingerprint density at radius 1 is 1.38 bits per heavy atom. The minimum absolute atomic E-state index is 0.0499. The third-order valence-electron chi connectivity index (χ3n) is 3.65. The average molecular weight is 305 g/mol. The highest BCUT2D eigenvalue weighted by Gasteiger charge is 2.41. The predicted molar refractivity (Wildman–Crippen MR) is 68.3 cm³/mol. The summed E-state index contributed by atoms with van der Waals surface area (Å²) in [5, 5.41) is 10.2. The highest BCUT2D eigenvalue weighted by Crippen LogP contribution is 2.37. The Balaban J connectivity index is 1.84. The first-order valence-corrected chi connectivity index (χ1v) is 6.88. The van der Waals surface area contributed by atoms with Crippen molar-refractivity contribution in [3.63, 3.8) is 0 Å². The van der Waals surface area contributed by atoms with Crippen molar-refractivity contribution in [2.75, 3.05) is 6.54 Å². The molecule has 0 radical (unpaired) electrons. The molecule has 1 aromatic heterocycles. The number of hydrogen-bond donors (Lipinski definition) is 2. The van der Waals surface area contributed by atoms with E-state index in [9.17, 15) is 18.0 Å². The standard InChI is InChI=1S/C12H18F3N5O/c13-12(14,15)8-1-3-9(4-2-8)17-11(21)10-7-20(6-5-16)19-18-10/h7-9H,1-6,16H2,(H,17,21). The monoisotopic (exact) mass is 305 g/mol. The normalized spacial score (nSPS) is 23.0. The average Bonchev–Trinajstić information content (AvgIpc) is 2.87. The van der Waals surface area contributed by atoms with Crippen molar-refractivity contribution < 1.29 is 18.0 Å². The fourth-order valence-corrected chi connectivity index (χ4v) is 2.47. The number of carbonyl (C=O) groups is 1. The van der Waals surface area contributed by atoms with Crippen LogP contribution in [0.5, 0.6) is 0 Å². The second-order valence-corrected chi connectivity index (χ2v) is 5.22. The highest BCUT2D eigenvalue weighted by atomic mass is 19.4. The summed E-state index contributed by atoms with van der Waals surface area (Å²) in [6.45, 7) is 0.836. The van der Waals surface area contributed by atoms with Crippen LogP contribution in [0.1, 0.15) is 36.2 Å². The molecule has 1 amide bonds. The maximum Gasteiger partial charge on any atom is 0.391 e. The molecule has 1 saturated carbocycles. The van der Waals surface area contributed by atoms with Crippen LogP contribution in [0.4, 0.5) is 13.2 Å². The Kier molecular flexibility index (Phi) is 4.81. The zero-order chi connectivity index (χ0) is 15.5. The summed E-state index contributed by atoms with van der Waals surface area (Å²) in [4.78, 5) is 11.9. The first kappa shape index (κ1) is 15.7. The van der Waals surface area contributed by atoms with Gasteiger partial charge in [0.1, 0.15) is 0 Å². The zero-order valence-corrected chi connectivity index (χ0v) is 11.4. The van der Waals surface area contributed by atoms with Crippen LogP contribution >= 0.6 is 0 Å². The van der Waals surface area contributed by atoms with Crippen LogP contribution in [0, 0.1) is 5.92 Å². The smallest absolute Gasteiger partial charge is 0.348 e. The molecule has 0 aliphatic heterocycles. The highest BCUT2D eigenvalue weighted by molar-refractivity contribution is 5.92. The van der Waals surface area contributed by atoms with E-state index >= 15 is 0 Å². The molecule has 1 fully saturated rings. The zero-order valence-electron chi connectivity index (χ0n) is 11.4. The minimum Gasteiger partial charge on any atom is -0.348 e. The summed E-state index contributed by atoms with van der Waals surface area (Å²) in [5.74, 6) is -1.66. The Labute approximate surface area is 119 Å². The van der Waals surface area contributed by atoms with Gasteiger partial charge < -0.3 is 11.1 Å². The van der Waals surface area contributed by atoms with E-state index in [0.29, 0.717) is 25.9 Å². The molecule has 1 aromatic rings. The molecular formula is C12H18F3N5O. The van der Waals surface area contributed by atoms with Gasteiger partial charge in [-0.3, -0.25) is 9.48 Å². The Bertz CT molecular complexity index is 479. The number of nitrogens with two attached hydrogens (primary N) is 1. The number of alkyl halides is 3. The molecule has 0 saturated heterocycles. The maximum atomic E-state index is 12.6. The number of aromatic nitrogens is 3. The third-order valence-corrected chi connectivity index (χ3v) is 3.65. The van der Waals surface area contributed by atoms with Crippen LogP contribution in [-0.4, -0.2) is 39.7 Å². The summed E-state index contributed by atoms with van der Waals surface area (Å²) in [6.07, 6.45) is -1.91. The first-order valence-electron chi connectivity index (χ1n) is 6.88. The Morgan fingerprint density at radius 3 is 2.62 bits per heavy atom. The molecule has 0 bridgehead atoms. The molecule has 118 valence electrons. The second kappa shape index (κ2) is 6.42. The molecule has 1 heterocycles. The summed E-state index contributed by atoms with van der Waals surface area (Å²) in [6, 6.07) is -0.240. The van der Waals surface area contributed by atoms with E-state index in [1.165, 1.54) is 10.9 Å². The van der Waals surface area contributed by atoms with Crippen molar-refractivity contribution in [3.05, 3.63) is 11.9 Å². The number of halogens is 3. The summed E-state index contributed by atoms with van der Waals surface area (Å²) in [5.41, 5.74) is 5.52. The van der Waals surface area contributed by atoms with Gasteiger partial charge >= 0.3 is 6.18 Å². The van der Waals surface area contributed by atoms with Crippen LogP contribution in [0.2, 0.25) is 0 Å². The topological polar surface area (TPSA) is 85.8 Å². The van der Waals surface area contributed by atoms with Crippen molar-refractivity contribution in [1.82, 2.24) is 20.3 Å². The van der Waals surface area contributed by atoms with Gasteiger partial charge in [-0.1, -0.05) is 5.21 Å². The van der Waals surface area contributed by atoms with Crippen LogP contribution in [-0.2, 0) is 6.54 Å². The van der Waals surface area contributed by atoms with E-state index in [0.717, 1.165) is 0 Å². The SMILES string of the molecule is NCCn1cc(C(=O)NC2CCC(C(F)(F)F)CC2)nn1. The van der Waals surface area contributed by atoms with Crippen molar-refractivity contribution in [2.24, 2.45) is 11.7 Å². The van der Waals surface area contributed by atoms with Gasteiger partial charge in [-0.2, -0.15) is 13.2 Å². The number of hydrogen-bond acceptors (Lipinski definition) is 4. The van der Waals surface area contributed by atoms with E-state index in [1.54, 1.807) is 0 Å². The lowest BCUT2D eigenvalue weighted by atomic mass is 9.85. The Hall–Kier alpha value is -1.64. The molecule has 21 heavy (non-hydrogen) atoms. The number of amides is 1. The fourth-order valence-electron chi connectivity index (χ4n) is 2.47. The third kappa shape index (κ3) is 4.16. The predicted octanol–water partition coefficient (Wildman–Crippen LogP) is 1.09. The van der Waals surface area contributed by atoms with Crippen molar-refractivity contribution in [2.45, 2.75) is 44.4 Å². The van der Waals surface area contributed by atoms with Crippen molar-refractivity contribution in [1.29, 1.82) is 0 Å². The van der Waals surface area contributed by atoms with Crippen LogP contribution in [0.15, 0.2) is 6.20 Å². The first-order chi connectivity index (χ1) is 9.90. The molecule has 9 heteroatoms. The molecule has 0 unspecified atom stereocenters. The van der Waals surface area contributed by atoms with Crippen LogP contribution < -0.4 is 11.1 Å². The van der Waals surface area contributed by atoms with Crippen LogP contribution in [0.25, 0.3) is 0 Å². The van der Waals surface area contributed by atoms with Crippen LogP contribution in [0.3, 0.4) is 0 Å². The fraction of sp³-hybridized carbons (Fsp3) is 0.750. The van der Waals surface area contributed by atoms with Gasteiger partial charge in [-0.25, -0.2) is 0 Å². The number of nitrogens with zero attached hydrogens (tertiary/aromatic N) is 3. The minimum atomic E-state index is -4.14. The van der Waals surface area contributed by atoms with E-state index in [2.05, 4.69) is 15.6 Å². The molecule has 6 nitrogen and oxygen atoms in total. The van der Waals surface area contributed by atoms with Gasteiger partial charge in [0, 0.05) is 12.6 Å². The van der Waals surface area contributed by atoms with Gasteiger partial charge in [0.15, 0.2) is 5.69 Å². The molecule has 1 aliphatic rings. The number of rotatable bonds is 4. The van der Waals surface area contributed by atoms with E-state index in [1.807, 2.05) is 0 Å². The van der Waals surface area contributed by atoms with Gasteiger partial charge in [-0.05, 0) is 25.7 Å². The van der Waals surface area contributed by atoms with E-state index in [-0.39, 0.29) is 24.6 Å². The number of carbonyl (C=O) groups excluding carboxylic acids is 1. The van der Waals surface area contributed by atoms with Gasteiger partial charge in [-0.15, -0.1) is 5.10 Å². The molecule has 0 atom stereocenters. The Morgan fingerprint density at radius 2 is 2.05 bits per heavy atom. The van der Waals surface area contributed by atoms with Crippen molar-refractivity contribution in [3.8, 4) is 0 Å². The summed E-state index contributed by atoms with van der Waals surface area (Å²) < 4.78 is 39.1. The lowest BCUT2D eigenvalue weighted by molar-refractivity contribution is -0.182. The molecule has 0 aromatic carbocycles. The van der Waals surface area contributed by atoms with E-state index < -0.39 is 18.0 Å². The van der Waals surface area contributed by atoms with Gasteiger partial charge in [0.05, 0.1) is 18.7 Å². The van der Waals surface area contributed by atoms with Crippen molar-refractivity contribution >= 4 is 5.91 Å². The second-order valence-electron chi connectivity index (χ2n) is 5.22. The largest absolute Gasteiger partial charge is 0.391 e. The molecule has 1 aliphatic carbocycles. The molecule has 2 rings (SSSR count). The van der Waals surface area contributed by atoms with Gasteiger partial charge in [0.25, 0.3) is 5.91 Å². The maximum absolute atomic E-state index is 12.6. The quantitative estimate of drug-likeness (QED) is 0.872. The van der Waals surface area contributed by atoms with Gasteiger partial charge in [0.2, 0.25) is 0 Å². The van der Waals surface area contributed by atoms with E-state index in [4.69, 9.17) is 5.73 Å². The molecule has 3 N–H and O–H groups in total.